The maximum absolute atomic E-state index is 8.95. The first kappa shape index (κ1) is 16.5. The number of hydrogen-bond donors (Lipinski definition) is 1. The fourth-order valence-electron chi connectivity index (χ4n) is 1.83. The van der Waals surface area contributed by atoms with Gasteiger partial charge in [-0.3, -0.25) is 0 Å². The fraction of sp³-hybridized carbons (Fsp3) is 0.588. The number of rotatable bonds is 8. The van der Waals surface area contributed by atoms with Gasteiger partial charge in [-0.2, -0.15) is 5.26 Å². The number of nitrogens with one attached hydrogen (secondary N) is 1. The lowest BCUT2D eigenvalue weighted by atomic mass is 9.90. The van der Waals surface area contributed by atoms with Gasteiger partial charge in [0.2, 0.25) is 0 Å². The summed E-state index contributed by atoms with van der Waals surface area (Å²) >= 11 is 0. The molecular weight excluding hydrogens is 248 g/mol. The smallest absolute Gasteiger partial charge is 0.119 e. The monoisotopic (exact) mass is 274 g/mol. The molecule has 3 nitrogen and oxygen atoms in total. The van der Waals surface area contributed by atoms with Crippen molar-refractivity contribution >= 4 is 0 Å². The Morgan fingerprint density at radius 3 is 2.75 bits per heavy atom. The van der Waals surface area contributed by atoms with Crippen molar-refractivity contribution in [2.45, 2.75) is 53.1 Å². The highest BCUT2D eigenvalue weighted by Gasteiger charge is 2.15. The molecule has 0 amide bonds. The second-order valence-corrected chi connectivity index (χ2v) is 6.13. The van der Waals surface area contributed by atoms with E-state index in [0.717, 1.165) is 25.1 Å². The summed E-state index contributed by atoms with van der Waals surface area (Å²) in [6.07, 6.45) is 1.76. The van der Waals surface area contributed by atoms with Crippen molar-refractivity contribution < 1.29 is 4.74 Å². The lowest BCUT2D eigenvalue weighted by Gasteiger charge is -2.15. The van der Waals surface area contributed by atoms with E-state index in [2.05, 4.69) is 37.4 Å². The Hall–Kier alpha value is -1.53. The summed E-state index contributed by atoms with van der Waals surface area (Å²) in [5.74, 6) is 0.905. The molecule has 0 aromatic heterocycles. The van der Waals surface area contributed by atoms with Crippen molar-refractivity contribution in [1.82, 2.24) is 5.32 Å². The molecule has 0 aliphatic carbocycles. The second kappa shape index (κ2) is 7.91. The minimum absolute atomic E-state index is 0.258. The van der Waals surface area contributed by atoms with Crippen LogP contribution in [0, 0.1) is 16.7 Å². The molecule has 0 unspecified atom stereocenters. The number of ether oxygens (including phenoxy) is 1. The van der Waals surface area contributed by atoms with E-state index in [-0.39, 0.29) is 5.41 Å². The molecule has 0 aliphatic rings. The van der Waals surface area contributed by atoms with Gasteiger partial charge < -0.3 is 10.1 Å². The average molecular weight is 274 g/mol. The summed E-state index contributed by atoms with van der Waals surface area (Å²) in [4.78, 5) is 0. The zero-order valence-electron chi connectivity index (χ0n) is 13.1. The largest absolute Gasteiger partial charge is 0.494 e. The van der Waals surface area contributed by atoms with Crippen LogP contribution in [0.3, 0.4) is 0 Å². The molecule has 110 valence electrons. The van der Waals surface area contributed by atoms with Gasteiger partial charge in [0, 0.05) is 12.6 Å². The van der Waals surface area contributed by atoms with E-state index in [1.807, 2.05) is 26.0 Å². The number of benzene rings is 1. The molecule has 0 bridgehead atoms. The topological polar surface area (TPSA) is 45.0 Å². The van der Waals surface area contributed by atoms with Gasteiger partial charge in [0.05, 0.1) is 18.1 Å². The van der Waals surface area contributed by atoms with Gasteiger partial charge >= 0.3 is 0 Å². The Balaban J connectivity index is 2.37. The van der Waals surface area contributed by atoms with E-state index in [4.69, 9.17) is 10.00 Å². The predicted molar refractivity (Wildman–Crippen MR) is 82.5 cm³/mol. The first-order valence-corrected chi connectivity index (χ1v) is 7.29. The van der Waals surface area contributed by atoms with Crippen molar-refractivity contribution in [2.75, 3.05) is 6.61 Å². The van der Waals surface area contributed by atoms with E-state index in [9.17, 15) is 0 Å². The average Bonchev–Trinajstić information content (AvgIpc) is 2.42. The molecule has 0 aliphatic heterocycles. The van der Waals surface area contributed by atoms with Gasteiger partial charge in [-0.15, -0.1) is 0 Å². The third-order valence-electron chi connectivity index (χ3n) is 3.13. The molecule has 0 saturated heterocycles. The Kier molecular flexibility index (Phi) is 6.54. The SMILES string of the molecule is CC(C)NCc1cccc(OCCCC(C)(C)C#N)c1. The molecule has 1 aromatic rings. The van der Waals surface area contributed by atoms with Gasteiger partial charge in [0.15, 0.2) is 0 Å². The third-order valence-corrected chi connectivity index (χ3v) is 3.13. The standard InChI is InChI=1S/C17H26N2O/c1-14(2)19-12-15-7-5-8-16(11-15)20-10-6-9-17(3,4)13-18/h5,7-8,11,14,19H,6,9-10,12H2,1-4H3. The normalized spacial score (nSPS) is 11.4. The molecule has 0 saturated carbocycles. The quantitative estimate of drug-likeness (QED) is 0.731. The van der Waals surface area contributed by atoms with Crippen LogP contribution in [0.1, 0.15) is 46.1 Å². The highest BCUT2D eigenvalue weighted by molar-refractivity contribution is 5.28. The summed E-state index contributed by atoms with van der Waals surface area (Å²) in [7, 11) is 0. The van der Waals surface area contributed by atoms with Crippen LogP contribution in [-0.2, 0) is 6.54 Å². The van der Waals surface area contributed by atoms with Gasteiger partial charge in [0.25, 0.3) is 0 Å². The molecule has 0 fully saturated rings. The Morgan fingerprint density at radius 1 is 1.35 bits per heavy atom. The maximum atomic E-state index is 8.95. The molecule has 3 heteroatoms. The molecule has 1 aromatic carbocycles. The Bertz CT molecular complexity index is 447. The Labute approximate surface area is 123 Å². The van der Waals surface area contributed by atoms with Crippen molar-refractivity contribution in [3.05, 3.63) is 29.8 Å². The maximum Gasteiger partial charge on any atom is 0.119 e. The first-order valence-electron chi connectivity index (χ1n) is 7.29. The van der Waals surface area contributed by atoms with E-state index in [1.165, 1.54) is 5.56 Å². The Morgan fingerprint density at radius 2 is 2.10 bits per heavy atom. The first-order chi connectivity index (χ1) is 9.43. The van der Waals surface area contributed by atoms with Crippen LogP contribution in [0.15, 0.2) is 24.3 Å². The van der Waals surface area contributed by atoms with Gasteiger partial charge in [-0.25, -0.2) is 0 Å². The molecule has 0 heterocycles. The molecule has 20 heavy (non-hydrogen) atoms. The van der Waals surface area contributed by atoms with Crippen LogP contribution < -0.4 is 10.1 Å². The van der Waals surface area contributed by atoms with Crippen molar-refractivity contribution in [2.24, 2.45) is 5.41 Å². The molecule has 0 atom stereocenters. The number of nitrogens with zero attached hydrogens (tertiary/aromatic N) is 1. The highest BCUT2D eigenvalue weighted by atomic mass is 16.5. The summed E-state index contributed by atoms with van der Waals surface area (Å²) in [6, 6.07) is 11.0. The lowest BCUT2D eigenvalue weighted by Crippen LogP contribution is -2.21. The van der Waals surface area contributed by atoms with Crippen LogP contribution in [-0.4, -0.2) is 12.6 Å². The van der Waals surface area contributed by atoms with E-state index in [1.54, 1.807) is 0 Å². The second-order valence-electron chi connectivity index (χ2n) is 6.13. The van der Waals surface area contributed by atoms with Crippen LogP contribution >= 0.6 is 0 Å². The molecule has 1 N–H and O–H groups in total. The van der Waals surface area contributed by atoms with Crippen LogP contribution in [0.4, 0.5) is 0 Å². The van der Waals surface area contributed by atoms with Crippen molar-refractivity contribution in [3.63, 3.8) is 0 Å². The molecule has 0 spiro atoms. The van der Waals surface area contributed by atoms with Gasteiger partial charge in [0.1, 0.15) is 5.75 Å². The predicted octanol–water partition coefficient (Wildman–Crippen LogP) is 3.89. The molecule has 0 radical (unpaired) electrons. The summed E-state index contributed by atoms with van der Waals surface area (Å²) in [5, 5.41) is 12.3. The van der Waals surface area contributed by atoms with Crippen LogP contribution in [0.5, 0.6) is 5.75 Å². The third kappa shape index (κ3) is 6.58. The zero-order chi connectivity index (χ0) is 15.0. The van der Waals surface area contributed by atoms with Gasteiger partial charge in [-0.05, 0) is 44.4 Å². The number of nitriles is 1. The molecular formula is C17H26N2O. The van der Waals surface area contributed by atoms with Crippen LogP contribution in [0.2, 0.25) is 0 Å². The van der Waals surface area contributed by atoms with Gasteiger partial charge in [-0.1, -0.05) is 26.0 Å². The summed E-state index contributed by atoms with van der Waals surface area (Å²) in [6.45, 7) is 9.72. The van der Waals surface area contributed by atoms with Crippen molar-refractivity contribution in [3.8, 4) is 11.8 Å². The van der Waals surface area contributed by atoms with E-state index >= 15 is 0 Å². The minimum atomic E-state index is -0.258. The number of hydrogen-bond acceptors (Lipinski definition) is 3. The van der Waals surface area contributed by atoms with E-state index in [0.29, 0.717) is 12.6 Å². The molecule has 1 rings (SSSR count). The van der Waals surface area contributed by atoms with Crippen molar-refractivity contribution in [1.29, 1.82) is 5.26 Å². The fourth-order valence-corrected chi connectivity index (χ4v) is 1.83. The summed E-state index contributed by atoms with van der Waals surface area (Å²) in [5.41, 5.74) is 0.973. The summed E-state index contributed by atoms with van der Waals surface area (Å²) < 4.78 is 5.76. The van der Waals surface area contributed by atoms with E-state index < -0.39 is 0 Å². The minimum Gasteiger partial charge on any atom is -0.494 e. The van der Waals surface area contributed by atoms with Crippen LogP contribution in [0.25, 0.3) is 0 Å². The zero-order valence-corrected chi connectivity index (χ0v) is 13.1. The highest BCUT2D eigenvalue weighted by Crippen LogP contribution is 2.21. The lowest BCUT2D eigenvalue weighted by molar-refractivity contribution is 0.284.